The third kappa shape index (κ3) is 4.58. The molecule has 1 N–H and O–H groups in total. The average molecular weight is 480 g/mol. The lowest BCUT2D eigenvalue weighted by Gasteiger charge is -2.45. The number of likely N-dealkylation sites (tertiary alicyclic amines) is 2. The van der Waals surface area contributed by atoms with Crippen LogP contribution in [-0.2, 0) is 17.8 Å². The van der Waals surface area contributed by atoms with Gasteiger partial charge in [0.25, 0.3) is 5.91 Å². The van der Waals surface area contributed by atoms with Crippen LogP contribution < -0.4 is 0 Å². The zero-order valence-electron chi connectivity index (χ0n) is 20.8. The monoisotopic (exact) mass is 479 g/mol. The van der Waals surface area contributed by atoms with Crippen molar-refractivity contribution in [1.82, 2.24) is 24.6 Å². The van der Waals surface area contributed by atoms with E-state index in [4.69, 9.17) is 0 Å². The molecule has 2 aliphatic heterocycles. The van der Waals surface area contributed by atoms with E-state index >= 15 is 4.39 Å². The van der Waals surface area contributed by atoms with E-state index < -0.39 is 0 Å². The molecule has 0 bridgehead atoms. The molecule has 186 valence electrons. The molecule has 0 spiro atoms. The van der Waals surface area contributed by atoms with E-state index in [0.717, 1.165) is 30.2 Å². The van der Waals surface area contributed by atoms with Gasteiger partial charge in [-0.05, 0) is 47.9 Å². The van der Waals surface area contributed by atoms with Crippen LogP contribution in [0.2, 0.25) is 0 Å². The largest absolute Gasteiger partial charge is 0.348 e. The van der Waals surface area contributed by atoms with Crippen LogP contribution in [-0.4, -0.2) is 62.6 Å². The Morgan fingerprint density at radius 2 is 2.03 bits per heavy atom. The van der Waals surface area contributed by atoms with Crippen molar-refractivity contribution in [3.63, 3.8) is 0 Å². The lowest BCUT2D eigenvalue weighted by atomic mass is 9.84. The Kier molecular flexibility index (Phi) is 6.15. The van der Waals surface area contributed by atoms with Crippen LogP contribution in [0.5, 0.6) is 0 Å². The number of carbonyl (C=O) groups is 2. The van der Waals surface area contributed by atoms with Crippen LogP contribution in [0.15, 0.2) is 30.6 Å². The fourth-order valence-corrected chi connectivity index (χ4v) is 5.62. The first kappa shape index (κ1) is 23.6. The number of H-pyrrole nitrogens is 1. The van der Waals surface area contributed by atoms with Crippen LogP contribution in [0.4, 0.5) is 4.39 Å². The fraction of sp³-hybridized carbons (Fsp3) is 0.519. The summed E-state index contributed by atoms with van der Waals surface area (Å²) < 4.78 is 17.6. The average Bonchev–Trinajstić information content (AvgIpc) is 3.51. The zero-order chi connectivity index (χ0) is 24.7. The van der Waals surface area contributed by atoms with Crippen LogP contribution >= 0.6 is 0 Å². The lowest BCUT2D eigenvalue weighted by Crippen LogP contribution is -2.55. The predicted molar refractivity (Wildman–Crippen MR) is 133 cm³/mol. The molecule has 5 rings (SSSR count). The highest BCUT2D eigenvalue weighted by atomic mass is 19.1. The Morgan fingerprint density at radius 1 is 1.23 bits per heavy atom. The maximum Gasteiger partial charge on any atom is 0.270 e. The SMILES string of the molecule is CCc1cc([C@H]2CCCN(C(=O)CCn3cccn3)C2)c(F)c2[nH]c(C(=O)N3CC(C)(C)C3)cc12. The summed E-state index contributed by atoms with van der Waals surface area (Å²) in [7, 11) is 0. The molecule has 0 radical (unpaired) electrons. The zero-order valence-corrected chi connectivity index (χ0v) is 20.8. The van der Waals surface area contributed by atoms with Gasteiger partial charge in [0.2, 0.25) is 5.91 Å². The molecule has 35 heavy (non-hydrogen) atoms. The summed E-state index contributed by atoms with van der Waals surface area (Å²) in [4.78, 5) is 32.6. The maximum absolute atomic E-state index is 15.9. The Bertz CT molecular complexity index is 1240. The molecule has 0 unspecified atom stereocenters. The van der Waals surface area contributed by atoms with Gasteiger partial charge in [-0.3, -0.25) is 14.3 Å². The highest BCUT2D eigenvalue weighted by molar-refractivity contribution is 5.99. The van der Waals surface area contributed by atoms with Crippen LogP contribution in [0, 0.1) is 11.2 Å². The van der Waals surface area contributed by atoms with E-state index in [-0.39, 0.29) is 29.0 Å². The third-order valence-electron chi connectivity index (χ3n) is 7.43. The van der Waals surface area contributed by atoms with Gasteiger partial charge >= 0.3 is 0 Å². The summed E-state index contributed by atoms with van der Waals surface area (Å²) >= 11 is 0. The van der Waals surface area contributed by atoms with Crippen molar-refractivity contribution in [2.75, 3.05) is 26.2 Å². The molecule has 0 aliphatic carbocycles. The minimum atomic E-state index is -0.295. The normalized spacial score (nSPS) is 19.7. The van der Waals surface area contributed by atoms with Crippen molar-refractivity contribution >= 4 is 22.7 Å². The summed E-state index contributed by atoms with van der Waals surface area (Å²) in [5.41, 5.74) is 2.66. The minimum absolute atomic E-state index is 0.0641. The van der Waals surface area contributed by atoms with Gasteiger partial charge in [-0.2, -0.15) is 5.10 Å². The van der Waals surface area contributed by atoms with Gasteiger partial charge < -0.3 is 14.8 Å². The van der Waals surface area contributed by atoms with Gasteiger partial charge in [0, 0.05) is 62.8 Å². The molecule has 1 aromatic carbocycles. The van der Waals surface area contributed by atoms with Crippen molar-refractivity contribution < 1.29 is 14.0 Å². The van der Waals surface area contributed by atoms with Gasteiger partial charge in [-0.1, -0.05) is 26.8 Å². The van der Waals surface area contributed by atoms with Gasteiger partial charge in [0.15, 0.2) is 5.82 Å². The molecular weight excluding hydrogens is 445 g/mol. The molecule has 2 fully saturated rings. The maximum atomic E-state index is 15.9. The number of aromatic nitrogens is 3. The van der Waals surface area contributed by atoms with E-state index in [1.54, 1.807) is 16.9 Å². The molecule has 1 atom stereocenters. The number of carbonyl (C=O) groups excluding carboxylic acids is 2. The first-order chi connectivity index (χ1) is 16.8. The van der Waals surface area contributed by atoms with Gasteiger partial charge in [-0.15, -0.1) is 0 Å². The summed E-state index contributed by atoms with van der Waals surface area (Å²) in [6.07, 6.45) is 6.36. The fourth-order valence-electron chi connectivity index (χ4n) is 5.62. The highest BCUT2D eigenvalue weighted by Crippen LogP contribution is 2.36. The van der Waals surface area contributed by atoms with Crippen LogP contribution in [0.25, 0.3) is 10.9 Å². The topological polar surface area (TPSA) is 74.2 Å². The smallest absolute Gasteiger partial charge is 0.270 e. The predicted octanol–water partition coefficient (Wildman–Crippen LogP) is 4.34. The highest BCUT2D eigenvalue weighted by Gasteiger charge is 2.38. The number of hydrogen-bond acceptors (Lipinski definition) is 3. The molecule has 3 aromatic rings. The molecule has 2 amide bonds. The van der Waals surface area contributed by atoms with Gasteiger partial charge in [0.05, 0.1) is 5.52 Å². The lowest BCUT2D eigenvalue weighted by molar-refractivity contribution is -0.132. The number of hydrogen-bond donors (Lipinski definition) is 1. The second kappa shape index (κ2) is 9.13. The number of piperidine rings is 1. The first-order valence-corrected chi connectivity index (χ1v) is 12.6. The Hall–Kier alpha value is -3.16. The van der Waals surface area contributed by atoms with Crippen LogP contribution in [0.1, 0.15) is 67.6 Å². The number of rotatable bonds is 6. The number of nitrogens with one attached hydrogen (secondary N) is 1. The molecule has 8 heteroatoms. The van der Waals surface area contributed by atoms with Crippen molar-refractivity contribution in [3.8, 4) is 0 Å². The van der Waals surface area contributed by atoms with Crippen molar-refractivity contribution in [2.45, 2.75) is 58.9 Å². The van der Waals surface area contributed by atoms with Gasteiger partial charge in [0.1, 0.15) is 5.69 Å². The number of aromatic amines is 1. The van der Waals surface area contributed by atoms with Crippen molar-refractivity contribution in [2.24, 2.45) is 5.41 Å². The number of amides is 2. The number of nitrogens with zero attached hydrogens (tertiary/aromatic N) is 4. The molecule has 7 nitrogen and oxygen atoms in total. The van der Waals surface area contributed by atoms with Gasteiger partial charge in [-0.25, -0.2) is 4.39 Å². The summed E-state index contributed by atoms with van der Waals surface area (Å²) in [6.45, 7) is 9.50. The molecular formula is C27H34FN5O2. The van der Waals surface area contributed by atoms with Crippen LogP contribution in [0.3, 0.4) is 0 Å². The molecule has 0 saturated carbocycles. The molecule has 2 aliphatic rings. The molecule has 2 aromatic heterocycles. The van der Waals surface area contributed by atoms with E-state index in [9.17, 15) is 9.59 Å². The minimum Gasteiger partial charge on any atom is -0.348 e. The Morgan fingerprint density at radius 3 is 2.71 bits per heavy atom. The van der Waals surface area contributed by atoms with E-state index in [2.05, 4.69) is 30.9 Å². The summed E-state index contributed by atoms with van der Waals surface area (Å²) in [6, 6.07) is 5.60. The molecule has 2 saturated heterocycles. The van der Waals surface area contributed by atoms with E-state index in [1.165, 1.54) is 0 Å². The first-order valence-electron chi connectivity index (χ1n) is 12.6. The summed E-state index contributed by atoms with van der Waals surface area (Å²) in [5, 5.41) is 4.94. The second-order valence-corrected chi connectivity index (χ2v) is 10.8. The number of fused-ring (bicyclic) bond motifs is 1. The second-order valence-electron chi connectivity index (χ2n) is 10.8. The number of benzene rings is 1. The standard InChI is InChI=1S/C27H34FN5O2/c1-4-18-13-20(19-7-5-10-31(15-19)23(34)8-12-33-11-6-9-29-33)24(28)25-21(18)14-22(30-25)26(35)32-16-27(2,3)17-32/h6,9,11,13-14,19,30H,4-5,7-8,10,12,15-17H2,1-3H3/t19-/m0/s1. The van der Waals surface area contributed by atoms with E-state index in [1.807, 2.05) is 28.1 Å². The number of aryl methyl sites for hydroxylation is 2. The third-order valence-corrected chi connectivity index (χ3v) is 7.43. The number of halogens is 1. The quantitative estimate of drug-likeness (QED) is 0.571. The molecule has 4 heterocycles. The van der Waals surface area contributed by atoms with Crippen molar-refractivity contribution in [3.05, 3.63) is 53.2 Å². The Labute approximate surface area is 205 Å². The Balaban J connectivity index is 1.37. The summed E-state index contributed by atoms with van der Waals surface area (Å²) in [5.74, 6) is -0.357. The van der Waals surface area contributed by atoms with E-state index in [0.29, 0.717) is 55.9 Å². The van der Waals surface area contributed by atoms with Crippen molar-refractivity contribution in [1.29, 1.82) is 0 Å².